The van der Waals surface area contributed by atoms with Crippen molar-refractivity contribution in [3.05, 3.63) is 59.8 Å². The molecule has 1 fully saturated rings. The number of piperazine rings is 1. The van der Waals surface area contributed by atoms with Gasteiger partial charge < -0.3 is 19.4 Å². The zero-order valence-electron chi connectivity index (χ0n) is 20.9. The fourth-order valence-corrected chi connectivity index (χ4v) is 4.99. The Balaban J connectivity index is 1.41. The summed E-state index contributed by atoms with van der Waals surface area (Å²) in [6, 6.07) is 6.72. The second-order valence-electron chi connectivity index (χ2n) is 9.72. The molecule has 4 heterocycles. The van der Waals surface area contributed by atoms with Crippen LogP contribution in [0.25, 0.3) is 11.3 Å². The zero-order valence-corrected chi connectivity index (χ0v) is 22.4. The summed E-state index contributed by atoms with van der Waals surface area (Å²) in [5.41, 5.74) is 2.52. The van der Waals surface area contributed by atoms with Crippen LogP contribution >= 0.6 is 23.2 Å². The van der Waals surface area contributed by atoms with Gasteiger partial charge in [-0.25, -0.2) is 18.7 Å². The molecule has 0 radical (unpaired) electrons. The molecule has 2 aromatic heterocycles. The highest BCUT2D eigenvalue weighted by Gasteiger charge is 2.39. The average Bonchev–Trinajstić information content (AvgIpc) is 2.86. The van der Waals surface area contributed by atoms with E-state index in [0.717, 1.165) is 43.8 Å². The van der Waals surface area contributed by atoms with E-state index < -0.39 is 16.2 Å². The molecule has 0 aliphatic carbocycles. The van der Waals surface area contributed by atoms with Crippen molar-refractivity contribution in [3.63, 3.8) is 0 Å². The molecule has 0 N–H and O–H groups in total. The molecule has 0 atom stereocenters. The lowest BCUT2D eigenvalue weighted by Gasteiger charge is -2.40. The lowest BCUT2D eigenvalue weighted by atomic mass is 10.1. The van der Waals surface area contributed by atoms with Crippen molar-refractivity contribution in [3.8, 4) is 17.0 Å². The lowest BCUT2D eigenvalue weighted by molar-refractivity contribution is 0.217. The minimum atomic E-state index is -1.60. The fourth-order valence-electron chi connectivity index (χ4n) is 4.58. The summed E-state index contributed by atoms with van der Waals surface area (Å²) in [5, 5.41) is 0. The van der Waals surface area contributed by atoms with E-state index in [1.54, 1.807) is 6.07 Å². The molecule has 3 aromatic rings. The maximum Gasteiger partial charge on any atom is 0.275 e. The quantitative estimate of drug-likeness (QED) is 0.420. The third-order valence-electron chi connectivity index (χ3n) is 6.65. The highest BCUT2D eigenvalue weighted by Crippen LogP contribution is 2.45. The predicted molar refractivity (Wildman–Crippen MR) is 142 cm³/mol. The molecule has 7 nitrogen and oxygen atoms in total. The Labute approximate surface area is 225 Å². The number of benzene rings is 1. The molecule has 196 valence electrons. The largest absolute Gasteiger partial charge is 0.451 e. The molecule has 37 heavy (non-hydrogen) atoms. The van der Waals surface area contributed by atoms with Crippen LogP contribution in [0.2, 0.25) is 0 Å². The van der Waals surface area contributed by atoms with Crippen LogP contribution < -0.4 is 14.5 Å². The van der Waals surface area contributed by atoms with Crippen molar-refractivity contribution in [2.45, 2.75) is 30.8 Å². The Hall–Kier alpha value is -2.75. The van der Waals surface area contributed by atoms with Gasteiger partial charge in [-0.15, -0.1) is 0 Å². The lowest BCUT2D eigenvalue weighted by Crippen LogP contribution is -2.47. The van der Waals surface area contributed by atoms with Gasteiger partial charge in [-0.2, -0.15) is 0 Å². The molecule has 11 heteroatoms. The summed E-state index contributed by atoms with van der Waals surface area (Å²) >= 11 is 12.4. The number of nitrogens with zero attached hydrogens (tertiary/aromatic N) is 6. The molecule has 0 unspecified atom stereocenters. The number of alkyl halides is 2. The number of likely N-dealkylation sites (N-methyl/N-ethyl adjacent to an activating group) is 1. The van der Waals surface area contributed by atoms with Crippen LogP contribution in [0.4, 0.5) is 20.2 Å². The normalized spacial score (nSPS) is 17.6. The number of pyridine rings is 1. The molecular weight excluding hydrogens is 521 g/mol. The first kappa shape index (κ1) is 25.9. The average molecular weight is 549 g/mol. The number of hydrogen-bond donors (Lipinski definition) is 0. The van der Waals surface area contributed by atoms with Gasteiger partial charge in [0.2, 0.25) is 0 Å². The standard InChI is InChI=1S/C26H28Cl2F2N6O/c1-16(2)36-15-26(27,28)37-25-20(29)10-17(11-22(25)36)24-21(30)14-32-23(33-24)12-18-4-5-19(13-31-18)35-8-6-34(3)7-9-35/h4-5,10-11,13-14,16H,6-9,12,15H2,1-3H3. The number of halogens is 4. The molecule has 2 aliphatic heterocycles. The third kappa shape index (κ3) is 5.58. The van der Waals surface area contributed by atoms with Gasteiger partial charge in [0, 0.05) is 43.5 Å². The van der Waals surface area contributed by atoms with Crippen LogP contribution in [0.15, 0.2) is 36.7 Å². The van der Waals surface area contributed by atoms with E-state index in [9.17, 15) is 4.39 Å². The van der Waals surface area contributed by atoms with Crippen LogP contribution in [0.3, 0.4) is 0 Å². The fraction of sp³-hybridized carbons (Fsp3) is 0.423. The summed E-state index contributed by atoms with van der Waals surface area (Å²) in [7, 11) is 2.12. The molecule has 0 amide bonds. The highest BCUT2D eigenvalue weighted by atomic mass is 35.5. The van der Waals surface area contributed by atoms with Crippen LogP contribution in [0, 0.1) is 11.6 Å². The van der Waals surface area contributed by atoms with Crippen molar-refractivity contribution in [2.24, 2.45) is 0 Å². The minimum absolute atomic E-state index is 0.00181. The second kappa shape index (κ2) is 10.2. The molecule has 1 saturated heterocycles. The Bertz CT molecular complexity index is 1280. The van der Waals surface area contributed by atoms with E-state index in [0.29, 0.717) is 17.9 Å². The number of rotatable bonds is 5. The van der Waals surface area contributed by atoms with E-state index in [1.165, 1.54) is 6.07 Å². The molecule has 5 rings (SSSR count). The maximum absolute atomic E-state index is 15.1. The number of ether oxygens (including phenoxy) is 1. The first-order valence-electron chi connectivity index (χ1n) is 12.2. The minimum Gasteiger partial charge on any atom is -0.451 e. The highest BCUT2D eigenvalue weighted by molar-refractivity contribution is 6.47. The number of fused-ring (bicyclic) bond motifs is 1. The van der Waals surface area contributed by atoms with Crippen LogP contribution in [-0.4, -0.2) is 70.2 Å². The van der Waals surface area contributed by atoms with Crippen LogP contribution in [-0.2, 0) is 6.42 Å². The number of anilines is 2. The van der Waals surface area contributed by atoms with Crippen molar-refractivity contribution in [2.75, 3.05) is 49.6 Å². The van der Waals surface area contributed by atoms with Gasteiger partial charge >= 0.3 is 0 Å². The number of hydrogen-bond acceptors (Lipinski definition) is 7. The molecule has 0 spiro atoms. The van der Waals surface area contributed by atoms with Crippen molar-refractivity contribution >= 4 is 34.6 Å². The first-order chi connectivity index (χ1) is 17.6. The Kier molecular flexibility index (Phi) is 7.13. The summed E-state index contributed by atoms with van der Waals surface area (Å²) in [5.74, 6) is -1.05. The van der Waals surface area contributed by atoms with E-state index >= 15 is 4.39 Å². The van der Waals surface area contributed by atoms with Gasteiger partial charge in [0.05, 0.1) is 36.7 Å². The van der Waals surface area contributed by atoms with Gasteiger partial charge in [-0.1, -0.05) is 23.2 Å². The van der Waals surface area contributed by atoms with E-state index in [1.807, 2.05) is 37.1 Å². The Morgan fingerprint density at radius 1 is 1.03 bits per heavy atom. The van der Waals surface area contributed by atoms with Crippen molar-refractivity contribution < 1.29 is 13.5 Å². The second-order valence-corrected chi connectivity index (χ2v) is 11.1. The van der Waals surface area contributed by atoms with E-state index in [-0.39, 0.29) is 29.6 Å². The summed E-state index contributed by atoms with van der Waals surface area (Å²) in [6.45, 7) is 7.90. The van der Waals surface area contributed by atoms with Gasteiger partial charge in [0.1, 0.15) is 11.5 Å². The Morgan fingerprint density at radius 3 is 2.46 bits per heavy atom. The topological polar surface area (TPSA) is 57.6 Å². The Morgan fingerprint density at radius 2 is 1.78 bits per heavy atom. The summed E-state index contributed by atoms with van der Waals surface area (Å²) in [4.78, 5) is 19.6. The SMILES string of the molecule is CC(C)N1CC(Cl)(Cl)Oc2c(F)cc(-c3nc(Cc4ccc(N5CCN(C)CC5)cn4)ncc3F)cc21. The molecular formula is C26H28Cl2F2N6O. The number of aromatic nitrogens is 3. The molecule has 0 bridgehead atoms. The zero-order chi connectivity index (χ0) is 26.3. The third-order valence-corrected chi connectivity index (χ3v) is 7.04. The molecule has 0 saturated carbocycles. The summed E-state index contributed by atoms with van der Waals surface area (Å²) in [6.07, 6.45) is 3.26. The molecule has 2 aliphatic rings. The van der Waals surface area contributed by atoms with Crippen LogP contribution in [0.1, 0.15) is 25.4 Å². The van der Waals surface area contributed by atoms with E-state index in [4.69, 9.17) is 27.9 Å². The molecule has 1 aromatic carbocycles. The smallest absolute Gasteiger partial charge is 0.275 e. The van der Waals surface area contributed by atoms with Crippen LogP contribution in [0.5, 0.6) is 5.75 Å². The van der Waals surface area contributed by atoms with Crippen molar-refractivity contribution in [1.29, 1.82) is 0 Å². The van der Waals surface area contributed by atoms with Gasteiger partial charge in [0.15, 0.2) is 17.4 Å². The van der Waals surface area contributed by atoms with Crippen molar-refractivity contribution in [1.82, 2.24) is 19.9 Å². The maximum atomic E-state index is 15.1. The van der Waals surface area contributed by atoms with Gasteiger partial charge in [-0.3, -0.25) is 4.98 Å². The van der Waals surface area contributed by atoms with Gasteiger partial charge in [0.25, 0.3) is 4.52 Å². The summed E-state index contributed by atoms with van der Waals surface area (Å²) < 4.78 is 33.9. The first-order valence-corrected chi connectivity index (χ1v) is 12.9. The monoisotopic (exact) mass is 548 g/mol. The predicted octanol–water partition coefficient (Wildman–Crippen LogP) is 4.90. The van der Waals surface area contributed by atoms with E-state index in [2.05, 4.69) is 31.8 Å². The van der Waals surface area contributed by atoms with Gasteiger partial charge in [-0.05, 0) is 45.2 Å².